The van der Waals surface area contributed by atoms with E-state index in [4.69, 9.17) is 5.11 Å². The minimum Gasteiger partial charge on any atom is -0.481 e. The Morgan fingerprint density at radius 1 is 1.40 bits per heavy atom. The SMILES string of the molecule is O=C(O)CCC(=O)NCc1cccnc1. The second-order valence-electron chi connectivity index (χ2n) is 3.03. The van der Waals surface area contributed by atoms with Gasteiger partial charge in [0.25, 0.3) is 0 Å². The van der Waals surface area contributed by atoms with E-state index in [9.17, 15) is 9.59 Å². The van der Waals surface area contributed by atoms with E-state index < -0.39 is 5.97 Å². The number of carbonyl (C=O) groups excluding carboxylic acids is 1. The van der Waals surface area contributed by atoms with Gasteiger partial charge in [-0.3, -0.25) is 14.6 Å². The van der Waals surface area contributed by atoms with E-state index in [1.54, 1.807) is 18.5 Å². The van der Waals surface area contributed by atoms with Crippen molar-refractivity contribution in [2.75, 3.05) is 0 Å². The van der Waals surface area contributed by atoms with Gasteiger partial charge in [0, 0.05) is 25.4 Å². The summed E-state index contributed by atoms with van der Waals surface area (Å²) in [6, 6.07) is 3.61. The number of aromatic nitrogens is 1. The van der Waals surface area contributed by atoms with Gasteiger partial charge in [-0.15, -0.1) is 0 Å². The Morgan fingerprint density at radius 3 is 2.80 bits per heavy atom. The second-order valence-corrected chi connectivity index (χ2v) is 3.03. The van der Waals surface area contributed by atoms with E-state index in [-0.39, 0.29) is 18.7 Å². The van der Waals surface area contributed by atoms with Crippen LogP contribution in [0.3, 0.4) is 0 Å². The van der Waals surface area contributed by atoms with Gasteiger partial charge in [-0.05, 0) is 11.6 Å². The third-order valence-corrected chi connectivity index (χ3v) is 1.78. The molecule has 0 saturated heterocycles. The maximum atomic E-state index is 11.1. The molecular weight excluding hydrogens is 196 g/mol. The number of hydrogen-bond acceptors (Lipinski definition) is 3. The highest BCUT2D eigenvalue weighted by atomic mass is 16.4. The Bertz CT molecular complexity index is 338. The molecule has 15 heavy (non-hydrogen) atoms. The van der Waals surface area contributed by atoms with E-state index in [1.807, 2.05) is 6.07 Å². The van der Waals surface area contributed by atoms with Crippen molar-refractivity contribution in [3.8, 4) is 0 Å². The van der Waals surface area contributed by atoms with Crippen LogP contribution in [-0.4, -0.2) is 22.0 Å². The number of carbonyl (C=O) groups is 2. The molecular formula is C10H12N2O3. The number of carboxylic acid groups (broad SMARTS) is 1. The summed E-state index contributed by atoms with van der Waals surface area (Å²) in [6.45, 7) is 0.381. The fourth-order valence-corrected chi connectivity index (χ4v) is 1.01. The van der Waals surface area contributed by atoms with Gasteiger partial charge in [0.1, 0.15) is 0 Å². The molecule has 1 aromatic heterocycles. The minimum atomic E-state index is -0.966. The number of rotatable bonds is 5. The summed E-state index contributed by atoms with van der Waals surface area (Å²) in [7, 11) is 0. The third kappa shape index (κ3) is 4.75. The lowest BCUT2D eigenvalue weighted by Gasteiger charge is -2.03. The van der Waals surface area contributed by atoms with Gasteiger partial charge < -0.3 is 10.4 Å². The normalized spacial score (nSPS) is 9.60. The zero-order chi connectivity index (χ0) is 11.1. The summed E-state index contributed by atoms with van der Waals surface area (Å²) in [5.74, 6) is -1.23. The Labute approximate surface area is 87.1 Å². The van der Waals surface area contributed by atoms with Gasteiger partial charge in [-0.1, -0.05) is 6.07 Å². The van der Waals surface area contributed by atoms with Gasteiger partial charge in [-0.2, -0.15) is 0 Å². The Morgan fingerprint density at radius 2 is 2.20 bits per heavy atom. The molecule has 0 radical (unpaired) electrons. The molecule has 1 amide bonds. The standard InChI is InChI=1S/C10H12N2O3/c13-9(3-4-10(14)15)12-7-8-2-1-5-11-6-8/h1-2,5-6H,3-4,7H2,(H,12,13)(H,14,15). The van der Waals surface area contributed by atoms with Crippen molar-refractivity contribution in [3.63, 3.8) is 0 Å². The van der Waals surface area contributed by atoms with Gasteiger partial charge >= 0.3 is 5.97 Å². The number of pyridine rings is 1. The maximum Gasteiger partial charge on any atom is 0.303 e. The molecule has 1 heterocycles. The fourth-order valence-electron chi connectivity index (χ4n) is 1.01. The van der Waals surface area contributed by atoms with Crippen LogP contribution in [0.1, 0.15) is 18.4 Å². The molecule has 0 bridgehead atoms. The first-order valence-corrected chi connectivity index (χ1v) is 4.56. The molecule has 5 heteroatoms. The zero-order valence-electron chi connectivity index (χ0n) is 8.14. The molecule has 0 atom stereocenters. The van der Waals surface area contributed by atoms with Crippen LogP contribution in [0.25, 0.3) is 0 Å². The molecule has 5 nitrogen and oxygen atoms in total. The smallest absolute Gasteiger partial charge is 0.303 e. The van der Waals surface area contributed by atoms with Gasteiger partial charge in [0.2, 0.25) is 5.91 Å². The van der Waals surface area contributed by atoms with Crippen molar-refractivity contribution in [3.05, 3.63) is 30.1 Å². The Hall–Kier alpha value is -1.91. The van der Waals surface area contributed by atoms with Crippen LogP contribution in [0, 0.1) is 0 Å². The lowest BCUT2D eigenvalue weighted by atomic mass is 10.2. The highest BCUT2D eigenvalue weighted by Gasteiger charge is 2.04. The predicted molar refractivity (Wildman–Crippen MR) is 53.0 cm³/mol. The molecule has 1 aromatic rings. The number of carboxylic acids is 1. The molecule has 80 valence electrons. The van der Waals surface area contributed by atoms with Crippen molar-refractivity contribution in [1.29, 1.82) is 0 Å². The zero-order valence-corrected chi connectivity index (χ0v) is 8.14. The average Bonchev–Trinajstić information content (AvgIpc) is 2.25. The van der Waals surface area contributed by atoms with E-state index in [0.29, 0.717) is 6.54 Å². The first-order chi connectivity index (χ1) is 7.18. The molecule has 0 spiro atoms. The maximum absolute atomic E-state index is 11.1. The van der Waals surface area contributed by atoms with Crippen LogP contribution in [0.15, 0.2) is 24.5 Å². The van der Waals surface area contributed by atoms with Crippen LogP contribution in [-0.2, 0) is 16.1 Å². The van der Waals surface area contributed by atoms with Crippen molar-refractivity contribution in [1.82, 2.24) is 10.3 Å². The number of hydrogen-bond donors (Lipinski definition) is 2. The molecule has 0 aliphatic rings. The summed E-state index contributed by atoms with van der Waals surface area (Å²) < 4.78 is 0. The summed E-state index contributed by atoms with van der Waals surface area (Å²) in [5.41, 5.74) is 0.890. The topological polar surface area (TPSA) is 79.3 Å². The summed E-state index contributed by atoms with van der Waals surface area (Å²) in [5, 5.41) is 11.0. The number of nitrogens with zero attached hydrogens (tertiary/aromatic N) is 1. The molecule has 0 aliphatic carbocycles. The number of nitrogens with one attached hydrogen (secondary N) is 1. The summed E-state index contributed by atoms with van der Waals surface area (Å²) in [4.78, 5) is 25.2. The summed E-state index contributed by atoms with van der Waals surface area (Å²) in [6.07, 6.45) is 3.17. The van der Waals surface area contributed by atoms with E-state index in [0.717, 1.165) is 5.56 Å². The van der Waals surface area contributed by atoms with Crippen LogP contribution in [0.4, 0.5) is 0 Å². The molecule has 0 aromatic carbocycles. The average molecular weight is 208 g/mol. The molecule has 2 N–H and O–H groups in total. The van der Waals surface area contributed by atoms with Crippen molar-refractivity contribution >= 4 is 11.9 Å². The van der Waals surface area contributed by atoms with Gasteiger partial charge in [0.15, 0.2) is 0 Å². The second kappa shape index (κ2) is 5.74. The third-order valence-electron chi connectivity index (χ3n) is 1.78. The predicted octanol–water partition coefficient (Wildman–Crippen LogP) is 0.563. The minimum absolute atomic E-state index is 0.00952. The Balaban J connectivity index is 2.26. The van der Waals surface area contributed by atoms with Gasteiger partial charge in [0.05, 0.1) is 6.42 Å². The van der Waals surface area contributed by atoms with Crippen molar-refractivity contribution in [2.45, 2.75) is 19.4 Å². The quantitative estimate of drug-likeness (QED) is 0.741. The van der Waals surface area contributed by atoms with Crippen LogP contribution in [0.2, 0.25) is 0 Å². The highest BCUT2D eigenvalue weighted by Crippen LogP contribution is 1.95. The molecule has 0 saturated carbocycles. The number of amides is 1. The van der Waals surface area contributed by atoms with E-state index in [2.05, 4.69) is 10.3 Å². The van der Waals surface area contributed by atoms with E-state index in [1.165, 1.54) is 0 Å². The molecule has 0 unspecified atom stereocenters. The van der Waals surface area contributed by atoms with Crippen LogP contribution >= 0.6 is 0 Å². The first-order valence-electron chi connectivity index (χ1n) is 4.56. The molecule has 1 rings (SSSR count). The Kier molecular flexibility index (Phi) is 4.28. The van der Waals surface area contributed by atoms with Crippen molar-refractivity contribution in [2.24, 2.45) is 0 Å². The molecule has 0 aliphatic heterocycles. The largest absolute Gasteiger partial charge is 0.481 e. The lowest BCUT2D eigenvalue weighted by Crippen LogP contribution is -2.23. The van der Waals surface area contributed by atoms with Gasteiger partial charge in [-0.25, -0.2) is 0 Å². The van der Waals surface area contributed by atoms with E-state index >= 15 is 0 Å². The molecule has 0 fully saturated rings. The van der Waals surface area contributed by atoms with Crippen LogP contribution in [0.5, 0.6) is 0 Å². The number of aliphatic carboxylic acids is 1. The van der Waals surface area contributed by atoms with Crippen molar-refractivity contribution < 1.29 is 14.7 Å². The highest BCUT2D eigenvalue weighted by molar-refractivity contribution is 5.80. The fraction of sp³-hybridized carbons (Fsp3) is 0.300. The first kappa shape index (κ1) is 11.2. The summed E-state index contributed by atoms with van der Waals surface area (Å²) >= 11 is 0. The monoisotopic (exact) mass is 208 g/mol. The van der Waals surface area contributed by atoms with Crippen LogP contribution < -0.4 is 5.32 Å². The lowest BCUT2D eigenvalue weighted by molar-refractivity contribution is -0.138.